The minimum atomic E-state index is 0.726. The SMILES string of the molecule is [CH2]CCn1cccc1C=O. The van der Waals surface area contributed by atoms with Gasteiger partial charge in [0.2, 0.25) is 0 Å². The molecule has 2 nitrogen and oxygen atoms in total. The second kappa shape index (κ2) is 3.20. The first-order chi connectivity index (χ1) is 4.88. The number of aldehydes is 1. The molecule has 2 heteroatoms. The molecule has 0 spiro atoms. The third-order valence-corrected chi connectivity index (χ3v) is 1.38. The van der Waals surface area contributed by atoms with Crippen LogP contribution >= 0.6 is 0 Å². The van der Waals surface area contributed by atoms with Crippen LogP contribution in [0.3, 0.4) is 0 Å². The molecule has 0 N–H and O–H groups in total. The largest absolute Gasteiger partial charge is 0.345 e. The minimum Gasteiger partial charge on any atom is -0.345 e. The van der Waals surface area contributed by atoms with Gasteiger partial charge in [-0.2, -0.15) is 0 Å². The van der Waals surface area contributed by atoms with Crippen molar-refractivity contribution in [1.29, 1.82) is 0 Å². The summed E-state index contributed by atoms with van der Waals surface area (Å²) in [5.74, 6) is 0. The van der Waals surface area contributed by atoms with E-state index in [9.17, 15) is 4.79 Å². The molecule has 0 amide bonds. The highest BCUT2D eigenvalue weighted by Gasteiger charge is 1.95. The van der Waals surface area contributed by atoms with Gasteiger partial charge < -0.3 is 4.57 Å². The highest BCUT2D eigenvalue weighted by Crippen LogP contribution is 1.99. The molecule has 0 atom stereocenters. The Balaban J connectivity index is 2.79. The van der Waals surface area contributed by atoms with Crippen molar-refractivity contribution in [2.24, 2.45) is 0 Å². The van der Waals surface area contributed by atoms with Gasteiger partial charge in [0.05, 0.1) is 5.69 Å². The van der Waals surface area contributed by atoms with Crippen LogP contribution in [0, 0.1) is 6.92 Å². The molecule has 1 radical (unpaired) electrons. The Morgan fingerprint density at radius 1 is 1.70 bits per heavy atom. The highest BCUT2D eigenvalue weighted by atomic mass is 16.1. The number of aromatic nitrogens is 1. The summed E-state index contributed by atoms with van der Waals surface area (Å²) in [6, 6.07) is 3.65. The van der Waals surface area contributed by atoms with Crippen LogP contribution in [0.1, 0.15) is 16.9 Å². The van der Waals surface area contributed by atoms with Gasteiger partial charge in [-0.15, -0.1) is 0 Å². The molecule has 0 saturated carbocycles. The number of carbonyl (C=O) groups excluding carboxylic acids is 1. The topological polar surface area (TPSA) is 22.0 Å². The molecule has 1 aromatic rings. The van der Waals surface area contributed by atoms with Crippen LogP contribution in [-0.4, -0.2) is 10.9 Å². The Labute approximate surface area is 60.5 Å². The highest BCUT2D eigenvalue weighted by molar-refractivity contribution is 5.72. The molecule has 1 aromatic heterocycles. The molecule has 0 fully saturated rings. The maximum atomic E-state index is 10.3. The number of hydrogen-bond acceptors (Lipinski definition) is 1. The molecule has 0 aliphatic heterocycles. The molecule has 0 aliphatic rings. The van der Waals surface area contributed by atoms with E-state index in [2.05, 4.69) is 6.92 Å². The second-order valence-corrected chi connectivity index (χ2v) is 2.10. The average molecular weight is 136 g/mol. The molecule has 0 bridgehead atoms. The van der Waals surface area contributed by atoms with E-state index < -0.39 is 0 Å². The summed E-state index contributed by atoms with van der Waals surface area (Å²) in [5.41, 5.74) is 0.726. The quantitative estimate of drug-likeness (QED) is 0.577. The molecular weight excluding hydrogens is 126 g/mol. The molecule has 0 saturated heterocycles. The van der Waals surface area contributed by atoms with Crippen molar-refractivity contribution < 1.29 is 4.79 Å². The Kier molecular flexibility index (Phi) is 2.26. The van der Waals surface area contributed by atoms with Crippen molar-refractivity contribution in [2.75, 3.05) is 0 Å². The van der Waals surface area contributed by atoms with Crippen LogP contribution in [0.15, 0.2) is 18.3 Å². The first-order valence-corrected chi connectivity index (χ1v) is 3.28. The summed E-state index contributed by atoms with van der Waals surface area (Å²) in [7, 11) is 0. The summed E-state index contributed by atoms with van der Waals surface area (Å²) < 4.78 is 1.89. The van der Waals surface area contributed by atoms with Crippen molar-refractivity contribution in [3.05, 3.63) is 30.9 Å². The first-order valence-electron chi connectivity index (χ1n) is 3.28. The van der Waals surface area contributed by atoms with E-state index in [0.29, 0.717) is 0 Å². The summed E-state index contributed by atoms with van der Waals surface area (Å²) in [5, 5.41) is 0. The van der Waals surface area contributed by atoms with Gasteiger partial charge >= 0.3 is 0 Å². The van der Waals surface area contributed by atoms with E-state index in [1.807, 2.05) is 16.8 Å². The van der Waals surface area contributed by atoms with Gasteiger partial charge in [-0.3, -0.25) is 4.79 Å². The van der Waals surface area contributed by atoms with E-state index in [1.165, 1.54) is 0 Å². The molecule has 10 heavy (non-hydrogen) atoms. The third kappa shape index (κ3) is 1.26. The summed E-state index contributed by atoms with van der Waals surface area (Å²) in [4.78, 5) is 10.3. The summed E-state index contributed by atoms with van der Waals surface area (Å²) in [6.45, 7) is 4.52. The zero-order chi connectivity index (χ0) is 7.40. The van der Waals surface area contributed by atoms with Gasteiger partial charge in [-0.1, -0.05) is 6.92 Å². The van der Waals surface area contributed by atoms with Crippen molar-refractivity contribution in [3.8, 4) is 0 Å². The van der Waals surface area contributed by atoms with Crippen molar-refractivity contribution in [2.45, 2.75) is 13.0 Å². The summed E-state index contributed by atoms with van der Waals surface area (Å²) in [6.07, 6.45) is 3.56. The van der Waals surface area contributed by atoms with Gasteiger partial charge in [0.15, 0.2) is 6.29 Å². The van der Waals surface area contributed by atoms with Gasteiger partial charge in [0, 0.05) is 12.7 Å². The molecule has 1 heterocycles. The Hall–Kier alpha value is -1.05. The monoisotopic (exact) mass is 136 g/mol. The lowest BCUT2D eigenvalue weighted by atomic mass is 10.4. The van der Waals surface area contributed by atoms with Crippen LogP contribution in [0.5, 0.6) is 0 Å². The van der Waals surface area contributed by atoms with Gasteiger partial charge in [-0.05, 0) is 18.6 Å². The lowest BCUT2D eigenvalue weighted by Crippen LogP contribution is -1.98. The van der Waals surface area contributed by atoms with Crippen molar-refractivity contribution in [3.63, 3.8) is 0 Å². The number of carbonyl (C=O) groups is 1. The Morgan fingerprint density at radius 3 is 3.10 bits per heavy atom. The Bertz CT molecular complexity index is 215. The van der Waals surface area contributed by atoms with E-state index >= 15 is 0 Å². The fourth-order valence-electron chi connectivity index (χ4n) is 0.908. The fraction of sp³-hybridized carbons (Fsp3) is 0.250. The molecule has 0 aromatic carbocycles. The predicted molar refractivity (Wildman–Crippen MR) is 39.8 cm³/mol. The second-order valence-electron chi connectivity index (χ2n) is 2.10. The average Bonchev–Trinajstić information content (AvgIpc) is 2.36. The lowest BCUT2D eigenvalue weighted by molar-refractivity contribution is 0.111. The molecule has 1 rings (SSSR count). The molecular formula is C8H10NO. The summed E-state index contributed by atoms with van der Waals surface area (Å²) >= 11 is 0. The molecule has 0 unspecified atom stereocenters. The van der Waals surface area contributed by atoms with E-state index in [0.717, 1.165) is 24.9 Å². The molecule has 53 valence electrons. The van der Waals surface area contributed by atoms with Gasteiger partial charge in [0.25, 0.3) is 0 Å². The third-order valence-electron chi connectivity index (χ3n) is 1.38. The molecule has 0 aliphatic carbocycles. The minimum absolute atomic E-state index is 0.726. The maximum Gasteiger partial charge on any atom is 0.166 e. The van der Waals surface area contributed by atoms with Crippen molar-refractivity contribution in [1.82, 2.24) is 4.57 Å². The van der Waals surface area contributed by atoms with Crippen LogP contribution in [0.25, 0.3) is 0 Å². The normalized spacial score (nSPS) is 9.70. The van der Waals surface area contributed by atoms with E-state index in [-0.39, 0.29) is 0 Å². The number of aryl methyl sites for hydroxylation is 1. The number of hydrogen-bond donors (Lipinski definition) is 0. The van der Waals surface area contributed by atoms with Gasteiger partial charge in [-0.25, -0.2) is 0 Å². The zero-order valence-corrected chi connectivity index (χ0v) is 5.79. The van der Waals surface area contributed by atoms with Gasteiger partial charge in [0.1, 0.15) is 0 Å². The van der Waals surface area contributed by atoms with E-state index in [4.69, 9.17) is 0 Å². The zero-order valence-electron chi connectivity index (χ0n) is 5.79. The Morgan fingerprint density at radius 2 is 2.50 bits per heavy atom. The van der Waals surface area contributed by atoms with Crippen LogP contribution in [0.4, 0.5) is 0 Å². The first kappa shape index (κ1) is 7.06. The number of nitrogens with zero attached hydrogens (tertiary/aromatic N) is 1. The predicted octanol–water partition coefficient (Wildman–Crippen LogP) is 1.52. The van der Waals surface area contributed by atoms with Crippen LogP contribution < -0.4 is 0 Å². The maximum absolute atomic E-state index is 10.3. The fourth-order valence-corrected chi connectivity index (χ4v) is 0.908. The smallest absolute Gasteiger partial charge is 0.166 e. The van der Waals surface area contributed by atoms with E-state index in [1.54, 1.807) is 6.07 Å². The van der Waals surface area contributed by atoms with Crippen LogP contribution in [0.2, 0.25) is 0 Å². The number of rotatable bonds is 3. The lowest BCUT2D eigenvalue weighted by Gasteiger charge is -1.99. The van der Waals surface area contributed by atoms with Crippen LogP contribution in [-0.2, 0) is 6.54 Å². The van der Waals surface area contributed by atoms with Crippen molar-refractivity contribution >= 4 is 6.29 Å². The standard InChI is InChI=1S/C8H10NO/c1-2-5-9-6-3-4-8(9)7-10/h3-4,6-7H,1-2,5H2.